The lowest BCUT2D eigenvalue weighted by Gasteiger charge is -2.19. The maximum Gasteiger partial charge on any atom is 0.234 e. The van der Waals surface area contributed by atoms with Gasteiger partial charge in [-0.1, -0.05) is 0 Å². The van der Waals surface area contributed by atoms with E-state index >= 15 is 0 Å². The second-order valence-corrected chi connectivity index (χ2v) is 4.46. The molecule has 0 radical (unpaired) electrons. The summed E-state index contributed by atoms with van der Waals surface area (Å²) in [5, 5.41) is 2.29. The van der Waals surface area contributed by atoms with Gasteiger partial charge in [0.25, 0.3) is 0 Å². The number of carbonyl (C=O) groups excluding carboxylic acids is 2. The molecular formula is C13H9F2NO3. The lowest BCUT2D eigenvalue weighted by molar-refractivity contribution is -0.134. The van der Waals surface area contributed by atoms with E-state index < -0.39 is 23.5 Å². The smallest absolute Gasteiger partial charge is 0.234 e. The number of benzene rings is 1. The fourth-order valence-corrected chi connectivity index (χ4v) is 2.36. The van der Waals surface area contributed by atoms with Gasteiger partial charge in [-0.05, 0) is 6.42 Å². The standard InChI is InChI=1S/C13H9F2NO3/c14-6-3-9(15)12-8(5-19-10(12)4-6)7-1-2-11(17)16-13(7)18/h3-5,7H,1-2H2,(H,16,17,18). The third-order valence-electron chi connectivity index (χ3n) is 3.23. The first-order valence-corrected chi connectivity index (χ1v) is 5.76. The van der Waals surface area contributed by atoms with Crippen molar-refractivity contribution in [3.63, 3.8) is 0 Å². The number of hydrogen-bond donors (Lipinski definition) is 1. The quantitative estimate of drug-likeness (QED) is 0.804. The zero-order valence-electron chi connectivity index (χ0n) is 9.70. The number of nitrogens with one attached hydrogen (secondary N) is 1. The van der Waals surface area contributed by atoms with Crippen LogP contribution in [-0.4, -0.2) is 11.8 Å². The third-order valence-corrected chi connectivity index (χ3v) is 3.23. The molecule has 1 N–H and O–H groups in total. The van der Waals surface area contributed by atoms with E-state index in [-0.39, 0.29) is 29.7 Å². The Kier molecular flexibility index (Phi) is 2.58. The predicted octanol–water partition coefficient (Wildman–Crippen LogP) is 2.23. The zero-order valence-corrected chi connectivity index (χ0v) is 9.70. The molecule has 1 fully saturated rings. The van der Waals surface area contributed by atoms with Crippen molar-refractivity contribution in [1.29, 1.82) is 0 Å². The number of amides is 2. The molecule has 0 bridgehead atoms. The lowest BCUT2D eigenvalue weighted by Crippen LogP contribution is -2.39. The van der Waals surface area contributed by atoms with Crippen LogP contribution < -0.4 is 5.32 Å². The third kappa shape index (κ3) is 1.89. The maximum atomic E-state index is 13.8. The summed E-state index contributed by atoms with van der Waals surface area (Å²) < 4.78 is 31.9. The Bertz CT molecular complexity index is 692. The zero-order chi connectivity index (χ0) is 13.6. The first kappa shape index (κ1) is 11.8. The number of rotatable bonds is 1. The molecule has 19 heavy (non-hydrogen) atoms. The molecule has 1 saturated heterocycles. The van der Waals surface area contributed by atoms with E-state index in [0.717, 1.165) is 12.1 Å². The number of piperidine rings is 1. The molecule has 1 aromatic heterocycles. The molecule has 1 aliphatic rings. The normalized spacial score (nSPS) is 19.8. The van der Waals surface area contributed by atoms with Gasteiger partial charge in [0.05, 0.1) is 17.6 Å². The average Bonchev–Trinajstić information content (AvgIpc) is 2.72. The molecule has 2 amide bonds. The summed E-state index contributed by atoms with van der Waals surface area (Å²) >= 11 is 0. The molecule has 1 aromatic carbocycles. The van der Waals surface area contributed by atoms with E-state index in [0.29, 0.717) is 5.56 Å². The minimum Gasteiger partial charge on any atom is -0.464 e. The molecule has 0 spiro atoms. The second kappa shape index (κ2) is 4.15. The van der Waals surface area contributed by atoms with E-state index in [1.165, 1.54) is 6.26 Å². The molecule has 0 saturated carbocycles. The van der Waals surface area contributed by atoms with E-state index in [9.17, 15) is 18.4 Å². The molecule has 6 heteroatoms. The molecule has 98 valence electrons. The van der Waals surface area contributed by atoms with Crippen molar-refractivity contribution in [1.82, 2.24) is 5.32 Å². The highest BCUT2D eigenvalue weighted by Gasteiger charge is 2.31. The number of hydrogen-bond acceptors (Lipinski definition) is 3. The molecule has 1 atom stereocenters. The molecule has 1 aliphatic heterocycles. The molecular weight excluding hydrogens is 256 g/mol. The van der Waals surface area contributed by atoms with Gasteiger partial charge in [0.15, 0.2) is 0 Å². The molecule has 2 aromatic rings. The molecule has 2 heterocycles. The summed E-state index contributed by atoms with van der Waals surface area (Å²) in [5.41, 5.74) is 0.398. The monoisotopic (exact) mass is 265 g/mol. The van der Waals surface area contributed by atoms with Crippen molar-refractivity contribution < 1.29 is 22.8 Å². The Hall–Kier alpha value is -2.24. The molecule has 1 unspecified atom stereocenters. The molecule has 3 rings (SSSR count). The van der Waals surface area contributed by atoms with Crippen LogP contribution in [0.25, 0.3) is 11.0 Å². The van der Waals surface area contributed by atoms with Crippen LogP contribution in [0.1, 0.15) is 24.3 Å². The van der Waals surface area contributed by atoms with Gasteiger partial charge in [-0.25, -0.2) is 8.78 Å². The highest BCUT2D eigenvalue weighted by atomic mass is 19.1. The van der Waals surface area contributed by atoms with Crippen LogP contribution >= 0.6 is 0 Å². The number of imide groups is 1. The fraction of sp³-hybridized carbons (Fsp3) is 0.231. The summed E-state index contributed by atoms with van der Waals surface area (Å²) in [4.78, 5) is 22.8. The van der Waals surface area contributed by atoms with Crippen LogP contribution in [0.5, 0.6) is 0 Å². The Morgan fingerprint density at radius 1 is 1.26 bits per heavy atom. The summed E-state index contributed by atoms with van der Waals surface area (Å²) in [7, 11) is 0. The van der Waals surface area contributed by atoms with E-state index in [1.54, 1.807) is 0 Å². The van der Waals surface area contributed by atoms with Crippen LogP contribution in [0.4, 0.5) is 8.78 Å². The number of fused-ring (bicyclic) bond motifs is 1. The summed E-state index contributed by atoms with van der Waals surface area (Å²) in [6.07, 6.45) is 1.72. The first-order valence-electron chi connectivity index (χ1n) is 5.76. The Morgan fingerprint density at radius 3 is 2.79 bits per heavy atom. The van der Waals surface area contributed by atoms with E-state index in [4.69, 9.17) is 4.42 Å². The maximum absolute atomic E-state index is 13.8. The average molecular weight is 265 g/mol. The van der Waals surface area contributed by atoms with Crippen molar-refractivity contribution in [2.24, 2.45) is 0 Å². The van der Waals surface area contributed by atoms with Crippen LogP contribution in [0.2, 0.25) is 0 Å². The Morgan fingerprint density at radius 2 is 2.05 bits per heavy atom. The van der Waals surface area contributed by atoms with Crippen molar-refractivity contribution in [2.75, 3.05) is 0 Å². The van der Waals surface area contributed by atoms with Crippen molar-refractivity contribution in [3.8, 4) is 0 Å². The number of furan rings is 1. The number of halogens is 2. The SMILES string of the molecule is O=C1CCC(c2coc3cc(F)cc(F)c23)C(=O)N1. The minimum atomic E-state index is -0.775. The topological polar surface area (TPSA) is 59.3 Å². The van der Waals surface area contributed by atoms with Crippen LogP contribution in [-0.2, 0) is 9.59 Å². The fourth-order valence-electron chi connectivity index (χ4n) is 2.36. The Labute approximate surface area is 106 Å². The minimum absolute atomic E-state index is 0.0530. The highest BCUT2D eigenvalue weighted by Crippen LogP contribution is 2.34. The van der Waals surface area contributed by atoms with Crippen molar-refractivity contribution >= 4 is 22.8 Å². The van der Waals surface area contributed by atoms with Gasteiger partial charge in [-0.15, -0.1) is 0 Å². The Balaban J connectivity index is 2.11. The van der Waals surface area contributed by atoms with Gasteiger partial charge >= 0.3 is 0 Å². The van der Waals surface area contributed by atoms with Crippen LogP contribution in [0, 0.1) is 11.6 Å². The highest BCUT2D eigenvalue weighted by molar-refractivity contribution is 6.02. The van der Waals surface area contributed by atoms with Gasteiger partial charge in [0.2, 0.25) is 11.8 Å². The van der Waals surface area contributed by atoms with E-state index in [1.807, 2.05) is 0 Å². The summed E-state index contributed by atoms with van der Waals surface area (Å²) in [5.74, 6) is -3.00. The van der Waals surface area contributed by atoms with Crippen LogP contribution in [0.3, 0.4) is 0 Å². The first-order chi connectivity index (χ1) is 9.06. The predicted molar refractivity (Wildman–Crippen MR) is 61.3 cm³/mol. The van der Waals surface area contributed by atoms with Crippen molar-refractivity contribution in [2.45, 2.75) is 18.8 Å². The summed E-state index contributed by atoms with van der Waals surface area (Å²) in [6, 6.07) is 1.81. The van der Waals surface area contributed by atoms with Gasteiger partial charge in [-0.3, -0.25) is 14.9 Å². The van der Waals surface area contributed by atoms with Gasteiger partial charge < -0.3 is 4.42 Å². The molecule has 4 nitrogen and oxygen atoms in total. The summed E-state index contributed by atoms with van der Waals surface area (Å²) in [6.45, 7) is 0. The number of carbonyl (C=O) groups is 2. The van der Waals surface area contributed by atoms with Crippen molar-refractivity contribution in [3.05, 3.63) is 35.6 Å². The van der Waals surface area contributed by atoms with Crippen LogP contribution in [0.15, 0.2) is 22.8 Å². The van der Waals surface area contributed by atoms with E-state index in [2.05, 4.69) is 5.32 Å². The lowest BCUT2D eigenvalue weighted by atomic mass is 9.90. The van der Waals surface area contributed by atoms with Gasteiger partial charge in [-0.2, -0.15) is 0 Å². The van der Waals surface area contributed by atoms with Gasteiger partial charge in [0.1, 0.15) is 17.2 Å². The van der Waals surface area contributed by atoms with Gasteiger partial charge in [0, 0.05) is 24.1 Å². The molecule has 0 aliphatic carbocycles. The second-order valence-electron chi connectivity index (χ2n) is 4.46. The largest absolute Gasteiger partial charge is 0.464 e.